The Morgan fingerprint density at radius 3 is 2.52 bits per heavy atom. The van der Waals surface area contributed by atoms with Crippen LogP contribution in [0.2, 0.25) is 0 Å². The summed E-state index contributed by atoms with van der Waals surface area (Å²) in [6.45, 7) is 7.95. The molecule has 2 unspecified atom stereocenters. The van der Waals surface area contributed by atoms with Gasteiger partial charge in [0, 0.05) is 12.5 Å². The van der Waals surface area contributed by atoms with Crippen LogP contribution in [-0.2, 0) is 4.74 Å². The first-order valence-electron chi connectivity index (χ1n) is 10.1. The summed E-state index contributed by atoms with van der Waals surface area (Å²) in [5, 5.41) is 0. The topological polar surface area (TPSA) is 29.5 Å². The highest BCUT2D eigenvalue weighted by Crippen LogP contribution is 2.43. The van der Waals surface area contributed by atoms with E-state index in [4.69, 9.17) is 4.74 Å². The Balaban J connectivity index is 1.78. The molecule has 138 valence electrons. The summed E-state index contributed by atoms with van der Waals surface area (Å²) in [5.41, 5.74) is 0.354. The van der Waals surface area contributed by atoms with Gasteiger partial charge in [0.2, 0.25) is 0 Å². The number of carbonyl (C=O) groups is 1. The van der Waals surface area contributed by atoms with E-state index in [0.717, 1.165) is 19.4 Å². The molecule has 1 aliphatic carbocycles. The lowest BCUT2D eigenvalue weighted by molar-refractivity contribution is -0.108. The molecule has 0 N–H and O–H groups in total. The Kier molecular flexibility index (Phi) is 6.16. The van der Waals surface area contributed by atoms with Crippen molar-refractivity contribution < 1.29 is 9.53 Å². The van der Waals surface area contributed by atoms with Crippen LogP contribution < -0.4 is 0 Å². The largest absolute Gasteiger partial charge is 0.455 e. The first kappa shape index (κ1) is 18.4. The monoisotopic (exact) mass is 343 g/mol. The zero-order chi connectivity index (χ0) is 17.7. The maximum atomic E-state index is 12.8. The highest BCUT2D eigenvalue weighted by Gasteiger charge is 2.47. The van der Waals surface area contributed by atoms with Crippen LogP contribution in [0.3, 0.4) is 0 Å². The molecule has 3 rings (SSSR count). The van der Waals surface area contributed by atoms with E-state index < -0.39 is 0 Å². The Labute approximate surface area is 152 Å². The maximum Gasteiger partial charge on any atom is 0.338 e. The molecule has 1 saturated carbocycles. The number of piperidine rings is 1. The SMILES string of the molecule is CC(C)C1(OC(=O)c2ccccc2)CCCCC1CN1CCCCC1. The van der Waals surface area contributed by atoms with E-state index in [1.807, 2.05) is 30.3 Å². The lowest BCUT2D eigenvalue weighted by atomic mass is 9.68. The van der Waals surface area contributed by atoms with Crippen molar-refractivity contribution in [3.63, 3.8) is 0 Å². The lowest BCUT2D eigenvalue weighted by Crippen LogP contribution is -2.53. The molecule has 2 aliphatic rings. The minimum atomic E-state index is -0.317. The highest BCUT2D eigenvalue weighted by molar-refractivity contribution is 5.89. The third-order valence-corrected chi connectivity index (χ3v) is 6.26. The third kappa shape index (κ3) is 4.25. The van der Waals surface area contributed by atoms with Crippen molar-refractivity contribution in [2.45, 2.75) is 64.4 Å². The molecule has 3 heteroatoms. The number of nitrogens with zero attached hydrogens (tertiary/aromatic N) is 1. The Morgan fingerprint density at radius 1 is 1.12 bits per heavy atom. The first-order valence-corrected chi connectivity index (χ1v) is 10.1. The lowest BCUT2D eigenvalue weighted by Gasteiger charge is -2.48. The van der Waals surface area contributed by atoms with Crippen LogP contribution in [-0.4, -0.2) is 36.1 Å². The molecular formula is C22H33NO2. The number of likely N-dealkylation sites (tertiary alicyclic amines) is 1. The van der Waals surface area contributed by atoms with Gasteiger partial charge in [0.05, 0.1) is 5.56 Å². The molecule has 25 heavy (non-hydrogen) atoms. The van der Waals surface area contributed by atoms with E-state index in [0.29, 0.717) is 17.4 Å². The standard InChI is InChI=1S/C22H33NO2/c1-18(2)22(25-21(24)19-11-5-3-6-12-19)14-8-7-13-20(22)17-23-15-9-4-10-16-23/h3,5-6,11-12,18,20H,4,7-10,13-17H2,1-2H3. The van der Waals surface area contributed by atoms with E-state index in [-0.39, 0.29) is 11.6 Å². The van der Waals surface area contributed by atoms with Crippen LogP contribution in [0.5, 0.6) is 0 Å². The number of rotatable bonds is 5. The highest BCUT2D eigenvalue weighted by atomic mass is 16.6. The second-order valence-electron chi connectivity index (χ2n) is 8.17. The molecule has 0 bridgehead atoms. The molecule has 0 amide bonds. The number of hydrogen-bond donors (Lipinski definition) is 0. The number of carbonyl (C=O) groups excluding carboxylic acids is 1. The predicted molar refractivity (Wildman–Crippen MR) is 102 cm³/mol. The van der Waals surface area contributed by atoms with Crippen LogP contribution in [0.1, 0.15) is 69.2 Å². The summed E-state index contributed by atoms with van der Waals surface area (Å²) in [4.78, 5) is 15.4. The van der Waals surface area contributed by atoms with Gasteiger partial charge in [0.15, 0.2) is 0 Å². The smallest absolute Gasteiger partial charge is 0.338 e. The van der Waals surface area contributed by atoms with E-state index in [1.54, 1.807) is 0 Å². The second-order valence-corrected chi connectivity index (χ2v) is 8.17. The van der Waals surface area contributed by atoms with E-state index in [9.17, 15) is 4.79 Å². The van der Waals surface area contributed by atoms with Gasteiger partial charge < -0.3 is 9.64 Å². The number of esters is 1. The van der Waals surface area contributed by atoms with Gasteiger partial charge in [-0.25, -0.2) is 4.79 Å². The Morgan fingerprint density at radius 2 is 1.84 bits per heavy atom. The predicted octanol–water partition coefficient (Wildman–Crippen LogP) is 4.91. The summed E-state index contributed by atoms with van der Waals surface area (Å²) in [7, 11) is 0. The van der Waals surface area contributed by atoms with Gasteiger partial charge in [-0.05, 0) is 63.2 Å². The summed E-state index contributed by atoms with van der Waals surface area (Å²) in [6, 6.07) is 9.47. The van der Waals surface area contributed by atoms with E-state index in [2.05, 4.69) is 18.7 Å². The number of ether oxygens (including phenoxy) is 1. The second kappa shape index (κ2) is 8.35. The Hall–Kier alpha value is -1.35. The summed E-state index contributed by atoms with van der Waals surface area (Å²) < 4.78 is 6.32. The average Bonchev–Trinajstić information content (AvgIpc) is 2.64. The van der Waals surface area contributed by atoms with Gasteiger partial charge in [0.1, 0.15) is 5.60 Å². The van der Waals surface area contributed by atoms with Crippen LogP contribution in [0.15, 0.2) is 30.3 Å². The third-order valence-electron chi connectivity index (χ3n) is 6.26. The summed E-state index contributed by atoms with van der Waals surface area (Å²) in [6.07, 6.45) is 8.58. The molecule has 3 nitrogen and oxygen atoms in total. The molecule has 0 spiro atoms. The van der Waals surface area contributed by atoms with Gasteiger partial charge in [-0.1, -0.05) is 44.9 Å². The molecule has 1 aromatic rings. The molecule has 2 atom stereocenters. The minimum Gasteiger partial charge on any atom is -0.455 e. The molecule has 1 aromatic carbocycles. The summed E-state index contributed by atoms with van der Waals surface area (Å²) in [5.74, 6) is 0.641. The van der Waals surface area contributed by atoms with Crippen LogP contribution in [0, 0.1) is 11.8 Å². The van der Waals surface area contributed by atoms with Crippen LogP contribution in [0.25, 0.3) is 0 Å². The van der Waals surface area contributed by atoms with Gasteiger partial charge in [-0.2, -0.15) is 0 Å². The fourth-order valence-corrected chi connectivity index (χ4v) is 4.76. The van der Waals surface area contributed by atoms with Crippen molar-refractivity contribution >= 4 is 5.97 Å². The van der Waals surface area contributed by atoms with Gasteiger partial charge in [-0.3, -0.25) is 0 Å². The maximum absolute atomic E-state index is 12.8. The van der Waals surface area contributed by atoms with Gasteiger partial charge in [0.25, 0.3) is 0 Å². The molecule has 0 radical (unpaired) electrons. The van der Waals surface area contributed by atoms with E-state index >= 15 is 0 Å². The van der Waals surface area contributed by atoms with Crippen LogP contribution in [0.4, 0.5) is 0 Å². The molecule has 1 heterocycles. The normalized spacial score (nSPS) is 28.0. The van der Waals surface area contributed by atoms with Gasteiger partial charge >= 0.3 is 5.97 Å². The van der Waals surface area contributed by atoms with Crippen molar-refractivity contribution in [2.75, 3.05) is 19.6 Å². The number of benzene rings is 1. The average molecular weight is 344 g/mol. The fourth-order valence-electron chi connectivity index (χ4n) is 4.76. The van der Waals surface area contributed by atoms with Crippen molar-refractivity contribution in [1.29, 1.82) is 0 Å². The minimum absolute atomic E-state index is 0.153. The van der Waals surface area contributed by atoms with Crippen molar-refractivity contribution in [2.24, 2.45) is 11.8 Å². The molecule has 2 fully saturated rings. The Bertz CT molecular complexity index is 550. The van der Waals surface area contributed by atoms with Crippen LogP contribution >= 0.6 is 0 Å². The van der Waals surface area contributed by atoms with Crippen molar-refractivity contribution in [3.05, 3.63) is 35.9 Å². The van der Waals surface area contributed by atoms with Crippen molar-refractivity contribution in [3.8, 4) is 0 Å². The first-order chi connectivity index (χ1) is 12.1. The molecule has 1 aliphatic heterocycles. The van der Waals surface area contributed by atoms with Crippen molar-refractivity contribution in [1.82, 2.24) is 4.90 Å². The summed E-state index contributed by atoms with van der Waals surface area (Å²) >= 11 is 0. The van der Waals surface area contributed by atoms with Gasteiger partial charge in [-0.15, -0.1) is 0 Å². The number of hydrogen-bond acceptors (Lipinski definition) is 3. The fraction of sp³-hybridized carbons (Fsp3) is 0.682. The quantitative estimate of drug-likeness (QED) is 0.711. The zero-order valence-corrected chi connectivity index (χ0v) is 15.9. The zero-order valence-electron chi connectivity index (χ0n) is 15.9. The molecule has 0 aromatic heterocycles. The molecular weight excluding hydrogens is 310 g/mol. The van der Waals surface area contributed by atoms with E-state index in [1.165, 1.54) is 45.2 Å². The molecule has 1 saturated heterocycles.